The number of tetrazole rings is 1. The van der Waals surface area contributed by atoms with Gasteiger partial charge >= 0.3 is 0 Å². The van der Waals surface area contributed by atoms with E-state index < -0.39 is 0 Å². The van der Waals surface area contributed by atoms with Crippen molar-refractivity contribution in [3.05, 3.63) is 71.4 Å². The summed E-state index contributed by atoms with van der Waals surface area (Å²) in [6.07, 6.45) is 0. The third-order valence-electron chi connectivity index (χ3n) is 4.35. The molecule has 4 aromatic rings. The molecule has 4 rings (SSSR count). The summed E-state index contributed by atoms with van der Waals surface area (Å²) in [5, 5.41) is 16.6. The van der Waals surface area contributed by atoms with Crippen molar-refractivity contribution in [3.8, 4) is 22.8 Å². The van der Waals surface area contributed by atoms with E-state index in [2.05, 4.69) is 20.8 Å². The molecule has 7 nitrogen and oxygen atoms in total. The zero-order valence-electron chi connectivity index (χ0n) is 16.7. The zero-order valence-corrected chi connectivity index (χ0v) is 19.1. The van der Waals surface area contributed by atoms with Gasteiger partial charge in [0.15, 0.2) is 0 Å². The van der Waals surface area contributed by atoms with Crippen molar-refractivity contribution >= 4 is 35.8 Å². The summed E-state index contributed by atoms with van der Waals surface area (Å²) in [6.45, 7) is 1.42. The van der Waals surface area contributed by atoms with Crippen LogP contribution in [0.25, 0.3) is 17.0 Å². The van der Waals surface area contributed by atoms with Gasteiger partial charge in [-0.05, 0) is 52.9 Å². The monoisotopic (exact) mass is 477 g/mol. The molecule has 2 aromatic heterocycles. The summed E-state index contributed by atoms with van der Waals surface area (Å²) in [6, 6.07) is 19.3. The van der Waals surface area contributed by atoms with Gasteiger partial charge in [0.25, 0.3) is 0 Å². The van der Waals surface area contributed by atoms with Crippen LogP contribution in [0.15, 0.2) is 70.2 Å². The Balaban J connectivity index is 0.00000272. The molecular formula is C21H21Cl2N5O2S. The average Bonchev–Trinajstić information content (AvgIpc) is 3.44. The Morgan fingerprint density at radius 2 is 1.97 bits per heavy atom. The summed E-state index contributed by atoms with van der Waals surface area (Å²) in [4.78, 5) is 0. The van der Waals surface area contributed by atoms with Gasteiger partial charge in [0, 0.05) is 17.9 Å². The number of ether oxygens (including phenoxy) is 1. The number of para-hydroxylation sites is 1. The number of methoxy groups -OCH3 is 1. The van der Waals surface area contributed by atoms with Crippen LogP contribution in [0, 0.1) is 0 Å². The summed E-state index contributed by atoms with van der Waals surface area (Å²) in [7, 11) is 1.60. The lowest BCUT2D eigenvalue weighted by Gasteiger charge is -2.05. The zero-order chi connectivity index (χ0) is 20.8. The van der Waals surface area contributed by atoms with Crippen LogP contribution in [0.5, 0.6) is 5.75 Å². The summed E-state index contributed by atoms with van der Waals surface area (Å²) < 4.78 is 12.8. The molecule has 10 heteroatoms. The molecule has 31 heavy (non-hydrogen) atoms. The van der Waals surface area contributed by atoms with Crippen LogP contribution in [0.1, 0.15) is 5.76 Å². The highest BCUT2D eigenvalue weighted by atomic mass is 35.5. The van der Waals surface area contributed by atoms with Crippen molar-refractivity contribution in [1.29, 1.82) is 0 Å². The maximum absolute atomic E-state index is 6.20. The van der Waals surface area contributed by atoms with Gasteiger partial charge in [-0.25, -0.2) is 0 Å². The van der Waals surface area contributed by atoms with Gasteiger partial charge in [-0.2, -0.15) is 4.68 Å². The maximum Gasteiger partial charge on any atom is 0.214 e. The molecule has 0 saturated carbocycles. The van der Waals surface area contributed by atoms with Crippen LogP contribution < -0.4 is 10.1 Å². The van der Waals surface area contributed by atoms with Gasteiger partial charge in [0.1, 0.15) is 17.3 Å². The summed E-state index contributed by atoms with van der Waals surface area (Å²) in [5.41, 5.74) is 1.86. The van der Waals surface area contributed by atoms with Crippen LogP contribution in [-0.2, 0) is 6.54 Å². The average molecular weight is 478 g/mol. The molecule has 0 aliphatic heterocycles. The van der Waals surface area contributed by atoms with Gasteiger partial charge in [-0.1, -0.05) is 41.6 Å². The minimum absolute atomic E-state index is 0. The topological polar surface area (TPSA) is 78.0 Å². The highest BCUT2D eigenvalue weighted by Crippen LogP contribution is 2.31. The molecule has 0 radical (unpaired) electrons. The number of halogens is 2. The minimum Gasteiger partial charge on any atom is -0.495 e. The molecule has 0 unspecified atom stereocenters. The number of nitrogens with zero attached hydrogens (tertiary/aromatic N) is 4. The first-order valence-electron chi connectivity index (χ1n) is 9.34. The van der Waals surface area contributed by atoms with Crippen molar-refractivity contribution in [2.75, 3.05) is 19.4 Å². The summed E-state index contributed by atoms with van der Waals surface area (Å²) in [5.74, 6) is 3.10. The van der Waals surface area contributed by atoms with Crippen molar-refractivity contribution in [3.63, 3.8) is 0 Å². The smallest absolute Gasteiger partial charge is 0.214 e. The molecule has 162 valence electrons. The first kappa shape index (κ1) is 23.1. The Labute approximate surface area is 195 Å². The number of rotatable bonds is 9. The van der Waals surface area contributed by atoms with Gasteiger partial charge in [0.05, 0.1) is 24.4 Å². The number of thioether (sulfide) groups is 1. The van der Waals surface area contributed by atoms with Crippen molar-refractivity contribution < 1.29 is 9.15 Å². The Morgan fingerprint density at radius 1 is 1.13 bits per heavy atom. The second kappa shape index (κ2) is 11.2. The van der Waals surface area contributed by atoms with Crippen LogP contribution in [-0.4, -0.2) is 39.6 Å². The van der Waals surface area contributed by atoms with E-state index in [9.17, 15) is 0 Å². The molecule has 0 spiro atoms. The molecule has 0 fully saturated rings. The molecule has 0 saturated heterocycles. The highest BCUT2D eigenvalue weighted by Gasteiger charge is 2.10. The van der Waals surface area contributed by atoms with Crippen molar-refractivity contribution in [2.45, 2.75) is 11.7 Å². The SMILES string of the molecule is COc1ccc(-c2ccc(CNCCSc3nnnn3-c3ccccc3)o2)cc1Cl.Cl. The molecule has 0 amide bonds. The number of benzene rings is 2. The Kier molecular flexibility index (Phi) is 8.36. The third kappa shape index (κ3) is 5.80. The molecule has 1 N–H and O–H groups in total. The molecule has 0 atom stereocenters. The molecule has 0 aliphatic carbocycles. The fourth-order valence-corrected chi connectivity index (χ4v) is 3.92. The Morgan fingerprint density at radius 3 is 2.74 bits per heavy atom. The summed E-state index contributed by atoms with van der Waals surface area (Å²) >= 11 is 7.80. The lowest BCUT2D eigenvalue weighted by atomic mass is 10.2. The standard InChI is InChI=1S/C21H20ClN5O2S.ClH/c1-28-20-9-7-15(13-18(20)22)19-10-8-17(29-19)14-23-11-12-30-21-24-25-26-27(21)16-5-3-2-4-6-16;/h2-10,13,23H,11-12,14H2,1H3;1H. The van der Waals surface area contributed by atoms with Crippen LogP contribution in [0.4, 0.5) is 0 Å². The van der Waals surface area contributed by atoms with Crippen LogP contribution in [0.2, 0.25) is 5.02 Å². The van der Waals surface area contributed by atoms with E-state index in [1.165, 1.54) is 0 Å². The second-order valence-electron chi connectivity index (χ2n) is 6.35. The van der Waals surface area contributed by atoms with E-state index in [4.69, 9.17) is 20.8 Å². The van der Waals surface area contributed by atoms with Gasteiger partial charge in [-0.15, -0.1) is 17.5 Å². The van der Waals surface area contributed by atoms with Crippen LogP contribution in [0.3, 0.4) is 0 Å². The fourth-order valence-electron chi connectivity index (χ4n) is 2.87. The van der Waals surface area contributed by atoms with E-state index in [-0.39, 0.29) is 12.4 Å². The predicted octanol–water partition coefficient (Wildman–Crippen LogP) is 4.89. The lowest BCUT2D eigenvalue weighted by molar-refractivity contribution is 0.415. The van der Waals surface area contributed by atoms with Gasteiger partial charge in [-0.3, -0.25) is 0 Å². The molecule has 2 heterocycles. The molecule has 0 aliphatic rings. The number of hydrogen-bond acceptors (Lipinski definition) is 7. The number of aromatic nitrogens is 4. The van der Waals surface area contributed by atoms with E-state index in [0.29, 0.717) is 17.3 Å². The van der Waals surface area contributed by atoms with Crippen molar-refractivity contribution in [2.24, 2.45) is 0 Å². The largest absolute Gasteiger partial charge is 0.495 e. The van der Waals surface area contributed by atoms with Crippen molar-refractivity contribution in [1.82, 2.24) is 25.5 Å². The van der Waals surface area contributed by atoms with E-state index in [1.54, 1.807) is 23.6 Å². The highest BCUT2D eigenvalue weighted by molar-refractivity contribution is 7.99. The van der Waals surface area contributed by atoms with Gasteiger partial charge in [0.2, 0.25) is 5.16 Å². The predicted molar refractivity (Wildman–Crippen MR) is 125 cm³/mol. The number of hydrogen-bond donors (Lipinski definition) is 1. The van der Waals surface area contributed by atoms with E-state index in [1.807, 2.05) is 60.7 Å². The number of furan rings is 1. The Hall–Kier alpha value is -2.52. The van der Waals surface area contributed by atoms with Gasteiger partial charge < -0.3 is 14.5 Å². The second-order valence-corrected chi connectivity index (χ2v) is 7.82. The minimum atomic E-state index is 0. The molecule has 0 bridgehead atoms. The quantitative estimate of drug-likeness (QED) is 0.271. The van der Waals surface area contributed by atoms with E-state index >= 15 is 0 Å². The Bertz CT molecular complexity index is 1100. The lowest BCUT2D eigenvalue weighted by Crippen LogP contribution is -2.16. The first-order valence-corrected chi connectivity index (χ1v) is 10.7. The normalized spacial score (nSPS) is 10.6. The third-order valence-corrected chi connectivity index (χ3v) is 5.57. The molecule has 2 aromatic carbocycles. The number of nitrogens with one attached hydrogen (secondary N) is 1. The first-order chi connectivity index (χ1) is 14.7. The molecular weight excluding hydrogens is 457 g/mol. The van der Waals surface area contributed by atoms with Crippen LogP contribution >= 0.6 is 35.8 Å². The van der Waals surface area contributed by atoms with E-state index in [0.717, 1.165) is 40.2 Å². The fraction of sp³-hybridized carbons (Fsp3) is 0.190. The maximum atomic E-state index is 6.20.